The van der Waals surface area contributed by atoms with Gasteiger partial charge in [0.05, 0.1) is 26.0 Å². The zero-order valence-electron chi connectivity index (χ0n) is 14.6. The second-order valence-electron chi connectivity index (χ2n) is 6.05. The number of furan rings is 1. The fourth-order valence-electron chi connectivity index (χ4n) is 2.99. The Morgan fingerprint density at radius 1 is 1.26 bits per heavy atom. The minimum absolute atomic E-state index is 0.144. The van der Waals surface area contributed by atoms with Gasteiger partial charge in [0.25, 0.3) is 5.89 Å². The molecule has 0 saturated carbocycles. The summed E-state index contributed by atoms with van der Waals surface area (Å²) in [6.07, 6.45) is 4.93. The fraction of sp³-hybridized carbons (Fsp3) is 0.333. The summed E-state index contributed by atoms with van der Waals surface area (Å²) in [6.45, 7) is 2.71. The van der Waals surface area contributed by atoms with Crippen molar-refractivity contribution in [2.45, 2.75) is 12.6 Å². The SMILES string of the molecule is O=C(NCc1noc(-c2ccco2)n1)[C@@H](c1cccnc1)N1CCOCC1. The quantitative estimate of drug-likeness (QED) is 0.695. The highest BCUT2D eigenvalue weighted by atomic mass is 16.5. The zero-order valence-corrected chi connectivity index (χ0v) is 14.6. The molecule has 0 unspecified atom stereocenters. The largest absolute Gasteiger partial charge is 0.459 e. The summed E-state index contributed by atoms with van der Waals surface area (Å²) in [5, 5.41) is 6.77. The molecule has 1 aliphatic heterocycles. The molecule has 1 atom stereocenters. The number of amides is 1. The molecule has 4 rings (SSSR count). The molecule has 0 radical (unpaired) electrons. The lowest BCUT2D eigenvalue weighted by Gasteiger charge is -2.33. The van der Waals surface area contributed by atoms with Gasteiger partial charge in [-0.3, -0.25) is 14.7 Å². The van der Waals surface area contributed by atoms with Crippen LogP contribution in [0.5, 0.6) is 0 Å². The number of pyridine rings is 1. The van der Waals surface area contributed by atoms with Gasteiger partial charge in [-0.25, -0.2) is 0 Å². The van der Waals surface area contributed by atoms with Crippen LogP contribution in [0.2, 0.25) is 0 Å². The van der Waals surface area contributed by atoms with Crippen molar-refractivity contribution >= 4 is 5.91 Å². The summed E-state index contributed by atoms with van der Waals surface area (Å²) in [6, 6.07) is 6.74. The Bertz CT molecular complexity index is 859. The second-order valence-corrected chi connectivity index (χ2v) is 6.05. The second kappa shape index (κ2) is 8.11. The highest BCUT2D eigenvalue weighted by Gasteiger charge is 2.29. The van der Waals surface area contributed by atoms with Crippen LogP contribution in [-0.2, 0) is 16.1 Å². The van der Waals surface area contributed by atoms with Gasteiger partial charge in [-0.05, 0) is 23.8 Å². The Kier molecular flexibility index (Phi) is 5.22. The van der Waals surface area contributed by atoms with Crippen molar-refractivity contribution in [1.29, 1.82) is 0 Å². The standard InChI is InChI=1S/C18H19N5O4/c24-17(20-12-15-21-18(27-22-15)14-4-2-8-26-14)16(13-3-1-5-19-11-13)23-6-9-25-10-7-23/h1-5,8,11,16H,6-7,9-10,12H2,(H,20,24)/t16-/m1/s1. The number of rotatable bonds is 6. The molecule has 27 heavy (non-hydrogen) atoms. The third-order valence-corrected chi connectivity index (χ3v) is 4.28. The van der Waals surface area contributed by atoms with Crippen molar-refractivity contribution in [2.24, 2.45) is 0 Å². The van der Waals surface area contributed by atoms with E-state index < -0.39 is 6.04 Å². The van der Waals surface area contributed by atoms with Gasteiger partial charge in [-0.1, -0.05) is 11.2 Å². The van der Waals surface area contributed by atoms with E-state index in [4.69, 9.17) is 13.7 Å². The molecule has 0 bridgehead atoms. The normalized spacial score (nSPS) is 16.1. The molecule has 9 heteroatoms. The van der Waals surface area contributed by atoms with Gasteiger partial charge in [-0.15, -0.1) is 0 Å². The summed E-state index contributed by atoms with van der Waals surface area (Å²) >= 11 is 0. The molecule has 0 aromatic carbocycles. The van der Waals surface area contributed by atoms with Crippen LogP contribution >= 0.6 is 0 Å². The van der Waals surface area contributed by atoms with Gasteiger partial charge in [-0.2, -0.15) is 4.98 Å². The number of nitrogens with one attached hydrogen (secondary N) is 1. The molecule has 1 saturated heterocycles. The highest BCUT2D eigenvalue weighted by Crippen LogP contribution is 2.22. The number of nitrogens with zero attached hydrogens (tertiary/aromatic N) is 4. The van der Waals surface area contributed by atoms with Gasteiger partial charge in [0.15, 0.2) is 11.6 Å². The summed E-state index contributed by atoms with van der Waals surface area (Å²) < 4.78 is 15.8. The van der Waals surface area contributed by atoms with E-state index in [-0.39, 0.29) is 18.3 Å². The van der Waals surface area contributed by atoms with Gasteiger partial charge in [0, 0.05) is 25.5 Å². The number of morpholine rings is 1. The molecule has 9 nitrogen and oxygen atoms in total. The van der Waals surface area contributed by atoms with E-state index in [2.05, 4.69) is 25.3 Å². The summed E-state index contributed by atoms with van der Waals surface area (Å²) in [4.78, 5) is 23.4. The number of carbonyl (C=O) groups excluding carboxylic acids is 1. The molecule has 1 N–H and O–H groups in total. The molecule has 1 fully saturated rings. The zero-order chi connectivity index (χ0) is 18.5. The third kappa shape index (κ3) is 4.04. The molecule has 0 aliphatic carbocycles. The molecule has 0 spiro atoms. The topological polar surface area (TPSA) is 107 Å². The molecular formula is C18H19N5O4. The van der Waals surface area contributed by atoms with Crippen LogP contribution in [0.25, 0.3) is 11.7 Å². The first-order chi connectivity index (χ1) is 13.3. The Labute approximate surface area is 155 Å². The van der Waals surface area contributed by atoms with E-state index in [0.29, 0.717) is 37.9 Å². The Balaban J connectivity index is 1.45. The van der Waals surface area contributed by atoms with Crippen molar-refractivity contribution in [3.8, 4) is 11.7 Å². The van der Waals surface area contributed by atoms with Crippen LogP contribution in [0.3, 0.4) is 0 Å². The molecule has 4 heterocycles. The van der Waals surface area contributed by atoms with E-state index in [1.807, 2.05) is 12.1 Å². The Hall–Kier alpha value is -3.04. The average molecular weight is 369 g/mol. The van der Waals surface area contributed by atoms with Crippen molar-refractivity contribution in [3.63, 3.8) is 0 Å². The van der Waals surface area contributed by atoms with Gasteiger partial charge in [0.2, 0.25) is 5.91 Å². The monoisotopic (exact) mass is 369 g/mol. The van der Waals surface area contributed by atoms with Crippen molar-refractivity contribution in [3.05, 3.63) is 54.3 Å². The lowest BCUT2D eigenvalue weighted by Crippen LogP contribution is -2.45. The van der Waals surface area contributed by atoms with E-state index in [9.17, 15) is 4.79 Å². The van der Waals surface area contributed by atoms with E-state index in [0.717, 1.165) is 5.56 Å². The van der Waals surface area contributed by atoms with E-state index in [1.165, 1.54) is 6.26 Å². The van der Waals surface area contributed by atoms with E-state index >= 15 is 0 Å². The van der Waals surface area contributed by atoms with Gasteiger partial charge >= 0.3 is 0 Å². The summed E-state index contributed by atoms with van der Waals surface area (Å²) in [5.41, 5.74) is 0.835. The summed E-state index contributed by atoms with van der Waals surface area (Å²) in [7, 11) is 0. The maximum atomic E-state index is 12.9. The van der Waals surface area contributed by atoms with Crippen LogP contribution in [0, 0.1) is 0 Å². The average Bonchev–Trinajstić information content (AvgIpc) is 3.40. The lowest BCUT2D eigenvalue weighted by atomic mass is 10.1. The van der Waals surface area contributed by atoms with Crippen LogP contribution in [0.1, 0.15) is 17.4 Å². The Morgan fingerprint density at radius 2 is 2.15 bits per heavy atom. The minimum atomic E-state index is -0.445. The number of ether oxygens (including phenoxy) is 1. The van der Waals surface area contributed by atoms with Crippen molar-refractivity contribution in [2.75, 3.05) is 26.3 Å². The highest BCUT2D eigenvalue weighted by molar-refractivity contribution is 5.83. The third-order valence-electron chi connectivity index (χ3n) is 4.28. The van der Waals surface area contributed by atoms with Gasteiger partial charge < -0.3 is 19.0 Å². The van der Waals surface area contributed by atoms with E-state index in [1.54, 1.807) is 24.5 Å². The molecular weight excluding hydrogens is 350 g/mol. The smallest absolute Gasteiger partial charge is 0.293 e. The molecule has 1 aliphatic rings. The first-order valence-electron chi connectivity index (χ1n) is 8.67. The number of hydrogen-bond donors (Lipinski definition) is 1. The maximum Gasteiger partial charge on any atom is 0.293 e. The molecule has 140 valence electrons. The van der Waals surface area contributed by atoms with Crippen molar-refractivity contribution in [1.82, 2.24) is 25.3 Å². The molecule has 3 aromatic heterocycles. The first-order valence-corrected chi connectivity index (χ1v) is 8.67. The van der Waals surface area contributed by atoms with Crippen molar-refractivity contribution < 1.29 is 18.5 Å². The number of aromatic nitrogens is 3. The fourth-order valence-corrected chi connectivity index (χ4v) is 2.99. The van der Waals surface area contributed by atoms with Crippen LogP contribution in [-0.4, -0.2) is 52.2 Å². The van der Waals surface area contributed by atoms with Gasteiger partial charge in [0.1, 0.15) is 6.04 Å². The number of hydrogen-bond acceptors (Lipinski definition) is 8. The van der Waals surface area contributed by atoms with Crippen LogP contribution < -0.4 is 5.32 Å². The summed E-state index contributed by atoms with van der Waals surface area (Å²) in [5.74, 6) is 0.999. The molecule has 1 amide bonds. The number of carbonyl (C=O) groups is 1. The lowest BCUT2D eigenvalue weighted by molar-refractivity contribution is -0.128. The maximum absolute atomic E-state index is 12.9. The predicted molar refractivity (Wildman–Crippen MR) is 93.2 cm³/mol. The predicted octanol–water partition coefficient (Wildman–Crippen LogP) is 1.41. The Morgan fingerprint density at radius 3 is 2.89 bits per heavy atom. The minimum Gasteiger partial charge on any atom is -0.459 e. The first kappa shape index (κ1) is 17.4. The van der Waals surface area contributed by atoms with Crippen LogP contribution in [0.15, 0.2) is 51.9 Å². The molecule has 3 aromatic rings. The van der Waals surface area contributed by atoms with Crippen LogP contribution in [0.4, 0.5) is 0 Å².